The summed E-state index contributed by atoms with van der Waals surface area (Å²) in [6.07, 6.45) is 0.324. The number of benzene rings is 1. The first-order valence-electron chi connectivity index (χ1n) is 4.32. The normalized spacial score (nSPS) is 9.50. The summed E-state index contributed by atoms with van der Waals surface area (Å²) in [5.74, 6) is 4.73. The van der Waals surface area contributed by atoms with E-state index in [4.69, 9.17) is 11.6 Å². The van der Waals surface area contributed by atoms with E-state index in [1.165, 1.54) is 0 Å². The minimum Gasteiger partial charge on any atom is -0.397 e. The number of hydrazine groups is 1. The van der Waals surface area contributed by atoms with E-state index in [1.54, 1.807) is 6.07 Å². The highest BCUT2D eigenvalue weighted by molar-refractivity contribution is 5.76. The van der Waals surface area contributed by atoms with E-state index in [1.807, 2.05) is 18.2 Å². The van der Waals surface area contributed by atoms with Crippen molar-refractivity contribution in [3.05, 3.63) is 24.3 Å². The molecular formula is C9H14N4O. The van der Waals surface area contributed by atoms with Crippen molar-refractivity contribution in [2.24, 2.45) is 5.84 Å². The van der Waals surface area contributed by atoms with Crippen LogP contribution in [-0.2, 0) is 4.79 Å². The second-order valence-corrected chi connectivity index (χ2v) is 2.83. The Balaban J connectivity index is 2.39. The monoisotopic (exact) mass is 194 g/mol. The number of para-hydroxylation sites is 2. The second-order valence-electron chi connectivity index (χ2n) is 2.83. The molecule has 1 rings (SSSR count). The summed E-state index contributed by atoms with van der Waals surface area (Å²) in [7, 11) is 0. The number of nitrogen functional groups attached to an aromatic ring is 1. The van der Waals surface area contributed by atoms with Crippen LogP contribution in [0, 0.1) is 0 Å². The van der Waals surface area contributed by atoms with E-state index in [2.05, 4.69) is 10.7 Å². The fourth-order valence-electron chi connectivity index (χ4n) is 1.04. The molecule has 0 unspecified atom stereocenters. The van der Waals surface area contributed by atoms with Crippen LogP contribution in [0.5, 0.6) is 0 Å². The number of carbonyl (C=O) groups excluding carboxylic acids is 1. The van der Waals surface area contributed by atoms with Gasteiger partial charge in [-0.25, -0.2) is 5.84 Å². The number of hydrogen-bond donors (Lipinski definition) is 4. The maximum atomic E-state index is 10.8. The zero-order valence-electron chi connectivity index (χ0n) is 7.79. The molecule has 1 amide bonds. The fraction of sp³-hybridized carbons (Fsp3) is 0.222. The van der Waals surface area contributed by atoms with Crippen LogP contribution >= 0.6 is 0 Å². The molecule has 0 heterocycles. The minimum atomic E-state index is -0.202. The maximum Gasteiger partial charge on any atom is 0.235 e. The lowest BCUT2D eigenvalue weighted by molar-refractivity contribution is -0.120. The Morgan fingerprint density at radius 3 is 2.71 bits per heavy atom. The lowest BCUT2D eigenvalue weighted by Gasteiger charge is -2.07. The zero-order chi connectivity index (χ0) is 10.4. The van der Waals surface area contributed by atoms with Crippen LogP contribution in [-0.4, -0.2) is 12.5 Å². The van der Waals surface area contributed by atoms with Crippen LogP contribution < -0.4 is 22.3 Å². The van der Waals surface area contributed by atoms with Gasteiger partial charge in [0.2, 0.25) is 5.91 Å². The van der Waals surface area contributed by atoms with Crippen LogP contribution in [0.1, 0.15) is 6.42 Å². The van der Waals surface area contributed by atoms with E-state index in [0.717, 1.165) is 5.69 Å². The van der Waals surface area contributed by atoms with E-state index in [-0.39, 0.29) is 5.91 Å². The summed E-state index contributed by atoms with van der Waals surface area (Å²) in [5.41, 5.74) is 9.24. The molecule has 0 radical (unpaired) electrons. The average Bonchev–Trinajstić information content (AvgIpc) is 2.20. The molecule has 5 nitrogen and oxygen atoms in total. The Morgan fingerprint density at radius 1 is 1.36 bits per heavy atom. The number of amides is 1. The molecule has 0 aromatic heterocycles. The third kappa shape index (κ3) is 2.95. The van der Waals surface area contributed by atoms with Gasteiger partial charge < -0.3 is 11.1 Å². The molecule has 0 aliphatic carbocycles. The van der Waals surface area contributed by atoms with Crippen LogP contribution in [0.4, 0.5) is 11.4 Å². The van der Waals surface area contributed by atoms with Crippen molar-refractivity contribution >= 4 is 17.3 Å². The van der Waals surface area contributed by atoms with Gasteiger partial charge in [-0.2, -0.15) is 0 Å². The van der Waals surface area contributed by atoms with E-state index in [0.29, 0.717) is 18.7 Å². The first kappa shape index (κ1) is 10.3. The topological polar surface area (TPSA) is 93.2 Å². The number of rotatable bonds is 4. The van der Waals surface area contributed by atoms with E-state index in [9.17, 15) is 4.79 Å². The summed E-state index contributed by atoms with van der Waals surface area (Å²) in [4.78, 5) is 10.8. The quantitative estimate of drug-likeness (QED) is 0.236. The van der Waals surface area contributed by atoms with E-state index < -0.39 is 0 Å². The van der Waals surface area contributed by atoms with Crippen LogP contribution in [0.15, 0.2) is 24.3 Å². The predicted octanol–water partition coefficient (Wildman–Crippen LogP) is 0.0607. The molecule has 14 heavy (non-hydrogen) atoms. The van der Waals surface area contributed by atoms with Gasteiger partial charge in [0, 0.05) is 13.0 Å². The Labute approximate surface area is 82.4 Å². The van der Waals surface area contributed by atoms with E-state index >= 15 is 0 Å². The van der Waals surface area contributed by atoms with Gasteiger partial charge in [0.1, 0.15) is 0 Å². The SMILES string of the molecule is NNC(=O)CCNc1ccccc1N. The summed E-state index contributed by atoms with van der Waals surface area (Å²) in [5, 5.41) is 3.04. The molecule has 0 bridgehead atoms. The molecule has 1 aromatic carbocycles. The van der Waals surface area contributed by atoms with Crippen molar-refractivity contribution in [3.8, 4) is 0 Å². The number of nitrogens with two attached hydrogens (primary N) is 2. The molecule has 0 spiro atoms. The number of carbonyl (C=O) groups is 1. The largest absolute Gasteiger partial charge is 0.397 e. The van der Waals surface area contributed by atoms with Crippen LogP contribution in [0.25, 0.3) is 0 Å². The predicted molar refractivity (Wildman–Crippen MR) is 56.3 cm³/mol. The van der Waals surface area contributed by atoms with Crippen molar-refractivity contribution in [1.29, 1.82) is 0 Å². The summed E-state index contributed by atoms with van der Waals surface area (Å²) >= 11 is 0. The molecule has 0 fully saturated rings. The molecule has 0 aliphatic rings. The molecule has 6 N–H and O–H groups in total. The highest BCUT2D eigenvalue weighted by Crippen LogP contribution is 2.16. The fourth-order valence-corrected chi connectivity index (χ4v) is 1.04. The van der Waals surface area contributed by atoms with Gasteiger partial charge in [0.15, 0.2) is 0 Å². The molecular weight excluding hydrogens is 180 g/mol. The third-order valence-electron chi connectivity index (χ3n) is 1.79. The minimum absolute atomic E-state index is 0.202. The van der Waals surface area contributed by atoms with Gasteiger partial charge in [-0.05, 0) is 12.1 Å². The van der Waals surface area contributed by atoms with Crippen molar-refractivity contribution in [3.63, 3.8) is 0 Å². The highest BCUT2D eigenvalue weighted by Gasteiger charge is 1.99. The Morgan fingerprint density at radius 2 is 2.07 bits per heavy atom. The average molecular weight is 194 g/mol. The molecule has 5 heteroatoms. The molecule has 0 aliphatic heterocycles. The van der Waals surface area contributed by atoms with Gasteiger partial charge in [-0.3, -0.25) is 10.2 Å². The van der Waals surface area contributed by atoms with Gasteiger partial charge in [0.25, 0.3) is 0 Å². The van der Waals surface area contributed by atoms with Crippen molar-refractivity contribution in [1.82, 2.24) is 5.43 Å². The van der Waals surface area contributed by atoms with Gasteiger partial charge in [-0.15, -0.1) is 0 Å². The zero-order valence-corrected chi connectivity index (χ0v) is 7.79. The Kier molecular flexibility index (Phi) is 3.75. The number of anilines is 2. The molecule has 0 atom stereocenters. The number of nitrogens with one attached hydrogen (secondary N) is 2. The van der Waals surface area contributed by atoms with Crippen molar-refractivity contribution in [2.45, 2.75) is 6.42 Å². The second kappa shape index (κ2) is 5.08. The first-order valence-corrected chi connectivity index (χ1v) is 4.32. The van der Waals surface area contributed by atoms with Gasteiger partial charge in [-0.1, -0.05) is 12.1 Å². The Bertz CT molecular complexity index is 313. The molecule has 1 aromatic rings. The maximum absolute atomic E-state index is 10.8. The Hall–Kier alpha value is -1.75. The smallest absolute Gasteiger partial charge is 0.235 e. The molecule has 76 valence electrons. The molecule has 0 saturated carbocycles. The summed E-state index contributed by atoms with van der Waals surface area (Å²) in [6.45, 7) is 0.511. The van der Waals surface area contributed by atoms with Crippen molar-refractivity contribution in [2.75, 3.05) is 17.6 Å². The van der Waals surface area contributed by atoms with Crippen LogP contribution in [0.3, 0.4) is 0 Å². The standard InChI is InChI=1S/C9H14N4O/c10-7-3-1-2-4-8(7)12-6-5-9(14)13-11/h1-4,12H,5-6,10-11H2,(H,13,14). The summed E-state index contributed by atoms with van der Waals surface area (Å²) in [6, 6.07) is 7.38. The highest BCUT2D eigenvalue weighted by atomic mass is 16.2. The third-order valence-corrected chi connectivity index (χ3v) is 1.79. The molecule has 0 saturated heterocycles. The number of hydrogen-bond acceptors (Lipinski definition) is 4. The lowest BCUT2D eigenvalue weighted by atomic mass is 10.2. The summed E-state index contributed by atoms with van der Waals surface area (Å²) < 4.78 is 0. The van der Waals surface area contributed by atoms with Crippen LogP contribution in [0.2, 0.25) is 0 Å². The van der Waals surface area contributed by atoms with Gasteiger partial charge >= 0.3 is 0 Å². The van der Waals surface area contributed by atoms with Crippen molar-refractivity contribution < 1.29 is 4.79 Å². The van der Waals surface area contributed by atoms with Gasteiger partial charge in [0.05, 0.1) is 11.4 Å². The lowest BCUT2D eigenvalue weighted by Crippen LogP contribution is -2.31. The first-order chi connectivity index (χ1) is 6.74.